The van der Waals surface area contributed by atoms with Crippen LogP contribution >= 0.6 is 0 Å². The van der Waals surface area contributed by atoms with Crippen LogP contribution in [0, 0.1) is 0 Å². The summed E-state index contributed by atoms with van der Waals surface area (Å²) >= 11 is 0. The minimum absolute atomic E-state index is 0.00942. The second-order valence-electron chi connectivity index (χ2n) is 6.19. The van der Waals surface area contributed by atoms with E-state index in [0.717, 1.165) is 12.7 Å². The molecule has 0 amide bonds. The van der Waals surface area contributed by atoms with Gasteiger partial charge in [0.2, 0.25) is 10.0 Å². The van der Waals surface area contributed by atoms with E-state index in [1.165, 1.54) is 24.3 Å². The Morgan fingerprint density at radius 2 is 1.67 bits per heavy atom. The van der Waals surface area contributed by atoms with E-state index in [1.807, 2.05) is 19.1 Å². The van der Waals surface area contributed by atoms with Gasteiger partial charge >= 0.3 is 0 Å². The summed E-state index contributed by atoms with van der Waals surface area (Å²) in [4.78, 5) is 0.0554. The number of aromatic nitrogens is 3. The number of sulfonamides is 1. The molecule has 2 heterocycles. The summed E-state index contributed by atoms with van der Waals surface area (Å²) in [5.74, 6) is 0.504. The van der Waals surface area contributed by atoms with Crippen molar-refractivity contribution in [3.63, 3.8) is 0 Å². The van der Waals surface area contributed by atoms with Gasteiger partial charge in [-0.1, -0.05) is 19.4 Å². The van der Waals surface area contributed by atoms with Crippen molar-refractivity contribution < 1.29 is 16.8 Å². The smallest absolute Gasteiger partial charge is 0.241 e. The third-order valence-corrected chi connectivity index (χ3v) is 6.70. The highest BCUT2D eigenvalue weighted by molar-refractivity contribution is 7.90. The summed E-state index contributed by atoms with van der Waals surface area (Å²) in [5.41, 5.74) is 0.630. The molecule has 0 bridgehead atoms. The Morgan fingerprint density at radius 1 is 1.00 bits per heavy atom. The molecule has 0 saturated heterocycles. The Morgan fingerprint density at radius 3 is 2.30 bits per heavy atom. The zero-order valence-electron chi connectivity index (χ0n) is 14.9. The fraction of sp³-hybridized carbons (Fsp3) is 0.294. The van der Waals surface area contributed by atoms with E-state index < -0.39 is 25.9 Å². The van der Waals surface area contributed by atoms with Crippen LogP contribution in [0.5, 0.6) is 0 Å². The van der Waals surface area contributed by atoms with Crippen LogP contribution in [0.3, 0.4) is 0 Å². The van der Waals surface area contributed by atoms with Crippen molar-refractivity contribution >= 4 is 25.5 Å². The van der Waals surface area contributed by atoms with Gasteiger partial charge in [-0.15, -0.1) is 10.2 Å². The first-order valence-corrected chi connectivity index (χ1v) is 11.7. The first-order valence-electron chi connectivity index (χ1n) is 8.34. The molecule has 0 saturated carbocycles. The summed E-state index contributed by atoms with van der Waals surface area (Å²) in [5, 5.41) is 8.22. The fourth-order valence-corrected chi connectivity index (χ4v) is 4.61. The molecule has 3 aromatic rings. The van der Waals surface area contributed by atoms with Gasteiger partial charge in [-0.25, -0.2) is 21.6 Å². The monoisotopic (exact) mass is 408 g/mol. The fourth-order valence-electron chi connectivity index (χ4n) is 2.75. The maximum absolute atomic E-state index is 12.8. The quantitative estimate of drug-likeness (QED) is 0.640. The van der Waals surface area contributed by atoms with E-state index in [0.29, 0.717) is 17.9 Å². The van der Waals surface area contributed by atoms with Crippen LogP contribution in [-0.2, 0) is 19.9 Å². The molecule has 1 aromatic carbocycles. The number of fused-ring (bicyclic) bond motifs is 1. The average molecular weight is 409 g/mol. The van der Waals surface area contributed by atoms with Crippen molar-refractivity contribution in [1.82, 2.24) is 19.3 Å². The predicted octanol–water partition coefficient (Wildman–Crippen LogP) is 1.95. The van der Waals surface area contributed by atoms with Crippen LogP contribution in [0.2, 0.25) is 0 Å². The van der Waals surface area contributed by atoms with E-state index in [1.54, 1.807) is 16.7 Å². The van der Waals surface area contributed by atoms with E-state index in [4.69, 9.17) is 0 Å². The number of pyridine rings is 1. The highest BCUT2D eigenvalue weighted by atomic mass is 32.2. The Labute approximate surface area is 158 Å². The normalized spacial score (nSPS) is 13.7. The maximum Gasteiger partial charge on any atom is 0.241 e. The van der Waals surface area contributed by atoms with Crippen LogP contribution in [0.1, 0.15) is 31.6 Å². The largest absolute Gasteiger partial charge is 0.285 e. The lowest BCUT2D eigenvalue weighted by atomic mass is 10.2. The number of nitrogens with one attached hydrogen (secondary N) is 1. The Balaban J connectivity index is 1.94. The minimum Gasteiger partial charge on any atom is -0.285 e. The lowest BCUT2D eigenvalue weighted by Crippen LogP contribution is -2.30. The van der Waals surface area contributed by atoms with Crippen LogP contribution in [0.25, 0.3) is 5.65 Å². The number of rotatable bonds is 7. The van der Waals surface area contributed by atoms with Gasteiger partial charge < -0.3 is 0 Å². The zero-order valence-corrected chi connectivity index (χ0v) is 16.5. The second kappa shape index (κ2) is 7.37. The molecule has 3 rings (SSSR count). The Kier molecular flexibility index (Phi) is 5.31. The van der Waals surface area contributed by atoms with Gasteiger partial charge in [-0.3, -0.25) is 4.40 Å². The first kappa shape index (κ1) is 19.5. The molecule has 27 heavy (non-hydrogen) atoms. The molecular weight excluding hydrogens is 388 g/mol. The molecule has 0 aliphatic carbocycles. The molecule has 2 aromatic heterocycles. The molecule has 10 heteroatoms. The third-order valence-electron chi connectivity index (χ3n) is 4.09. The van der Waals surface area contributed by atoms with Crippen LogP contribution in [0.15, 0.2) is 58.5 Å². The van der Waals surface area contributed by atoms with E-state index in [2.05, 4.69) is 14.9 Å². The topological polar surface area (TPSA) is 110 Å². The molecule has 8 nitrogen and oxygen atoms in total. The summed E-state index contributed by atoms with van der Waals surface area (Å²) in [6, 6.07) is 10.0. The SMILES string of the molecule is CCCC(NS(=O)(=O)c1ccc(S(C)(=O)=O)cc1)c1nnc2ccccn12. The molecule has 1 N–H and O–H groups in total. The molecule has 0 aliphatic rings. The molecule has 1 atom stereocenters. The second-order valence-corrected chi connectivity index (χ2v) is 9.92. The average Bonchev–Trinajstić information content (AvgIpc) is 3.05. The first-order chi connectivity index (χ1) is 12.7. The number of sulfone groups is 1. The Hall–Kier alpha value is -2.30. The van der Waals surface area contributed by atoms with Crippen molar-refractivity contribution in [3.8, 4) is 0 Å². The molecule has 0 aliphatic heterocycles. The number of benzene rings is 1. The standard InChI is InChI=1S/C17H20N4O4S2/c1-3-6-15(17-19-18-16-7-4-5-12-21(16)17)20-27(24,25)14-10-8-13(9-11-14)26(2,22)23/h4-5,7-12,15,20H,3,6H2,1-2H3. The van der Waals surface area contributed by atoms with Gasteiger partial charge in [-0.2, -0.15) is 0 Å². The molecule has 144 valence electrons. The van der Waals surface area contributed by atoms with Crippen LogP contribution < -0.4 is 4.72 Å². The van der Waals surface area contributed by atoms with E-state index in [-0.39, 0.29) is 9.79 Å². The van der Waals surface area contributed by atoms with Gasteiger partial charge in [0.25, 0.3) is 0 Å². The van der Waals surface area contributed by atoms with Gasteiger partial charge in [0, 0.05) is 12.5 Å². The van der Waals surface area contributed by atoms with Gasteiger partial charge in [0.05, 0.1) is 15.8 Å². The third kappa shape index (κ3) is 4.18. The van der Waals surface area contributed by atoms with Crippen molar-refractivity contribution in [1.29, 1.82) is 0 Å². The van der Waals surface area contributed by atoms with Crippen molar-refractivity contribution in [2.45, 2.75) is 35.6 Å². The lowest BCUT2D eigenvalue weighted by Gasteiger charge is -2.17. The molecule has 0 radical (unpaired) electrons. The van der Waals surface area contributed by atoms with Crippen LogP contribution in [0.4, 0.5) is 0 Å². The lowest BCUT2D eigenvalue weighted by molar-refractivity contribution is 0.517. The maximum atomic E-state index is 12.8. The zero-order chi connectivity index (χ0) is 19.7. The van der Waals surface area contributed by atoms with Gasteiger partial charge in [-0.05, 0) is 42.8 Å². The van der Waals surface area contributed by atoms with E-state index >= 15 is 0 Å². The molecule has 1 unspecified atom stereocenters. The van der Waals surface area contributed by atoms with E-state index in [9.17, 15) is 16.8 Å². The highest BCUT2D eigenvalue weighted by Gasteiger charge is 2.25. The predicted molar refractivity (Wildman–Crippen MR) is 101 cm³/mol. The Bertz CT molecular complexity index is 1150. The minimum atomic E-state index is -3.86. The van der Waals surface area contributed by atoms with Crippen molar-refractivity contribution in [2.75, 3.05) is 6.26 Å². The summed E-state index contributed by atoms with van der Waals surface area (Å²) < 4.78 is 53.1. The summed E-state index contributed by atoms with van der Waals surface area (Å²) in [6.07, 6.45) is 4.13. The summed E-state index contributed by atoms with van der Waals surface area (Å²) in [7, 11) is -7.26. The van der Waals surface area contributed by atoms with Crippen LogP contribution in [-0.4, -0.2) is 37.7 Å². The molecule has 0 spiro atoms. The van der Waals surface area contributed by atoms with Gasteiger partial charge in [0.1, 0.15) is 0 Å². The summed E-state index contributed by atoms with van der Waals surface area (Å²) in [6.45, 7) is 1.95. The molecule has 0 fully saturated rings. The number of hydrogen-bond acceptors (Lipinski definition) is 6. The number of hydrogen-bond donors (Lipinski definition) is 1. The highest BCUT2D eigenvalue weighted by Crippen LogP contribution is 2.22. The van der Waals surface area contributed by atoms with Gasteiger partial charge in [0.15, 0.2) is 21.3 Å². The van der Waals surface area contributed by atoms with Crippen molar-refractivity contribution in [3.05, 3.63) is 54.5 Å². The van der Waals surface area contributed by atoms with Crippen molar-refractivity contribution in [2.24, 2.45) is 0 Å². The number of nitrogens with zero attached hydrogens (tertiary/aromatic N) is 3. The molecular formula is C17H20N4O4S2.